The van der Waals surface area contributed by atoms with Crippen LogP contribution in [0.1, 0.15) is 30.4 Å². The summed E-state index contributed by atoms with van der Waals surface area (Å²) in [5.74, 6) is -0.731. The van der Waals surface area contributed by atoms with Gasteiger partial charge in [-0.25, -0.2) is 0 Å². The Labute approximate surface area is 100 Å². The van der Waals surface area contributed by atoms with Gasteiger partial charge in [-0.05, 0) is 24.0 Å². The summed E-state index contributed by atoms with van der Waals surface area (Å²) < 4.78 is 0. The molecule has 1 aromatic rings. The van der Waals surface area contributed by atoms with Crippen molar-refractivity contribution >= 4 is 12.0 Å². The van der Waals surface area contributed by atoms with E-state index in [1.807, 2.05) is 36.4 Å². The number of carboxylic acids is 1. The van der Waals surface area contributed by atoms with Crippen molar-refractivity contribution in [3.05, 3.63) is 41.5 Å². The molecule has 0 unspecified atom stereocenters. The van der Waals surface area contributed by atoms with Gasteiger partial charge in [0.2, 0.25) is 0 Å². The molecule has 0 radical (unpaired) electrons. The van der Waals surface area contributed by atoms with E-state index in [2.05, 4.69) is 0 Å². The monoisotopic (exact) mass is 227 g/mol. The summed E-state index contributed by atoms with van der Waals surface area (Å²) >= 11 is 0. The smallest absolute Gasteiger partial charge is 0.314 e. The summed E-state index contributed by atoms with van der Waals surface area (Å²) in [6.45, 7) is 0. The van der Waals surface area contributed by atoms with Gasteiger partial charge < -0.3 is 5.11 Å². The highest BCUT2D eigenvalue weighted by Crippen LogP contribution is 2.48. The minimum atomic E-state index is -0.731. The number of nitrogens with zero attached hydrogens (tertiary/aromatic N) is 1. The van der Waals surface area contributed by atoms with E-state index < -0.39 is 11.4 Å². The fraction of sp³-hybridized carbons (Fsp3) is 0.286. The van der Waals surface area contributed by atoms with Gasteiger partial charge >= 0.3 is 5.97 Å². The highest BCUT2D eigenvalue weighted by atomic mass is 16.4. The molecule has 1 N–H and O–H groups in total. The molecule has 2 rings (SSSR count). The SMILES string of the molecule is N#CCC=Cc1ccc(C2(C(=O)O)CC2)cc1. The van der Waals surface area contributed by atoms with Crippen LogP contribution in [0.15, 0.2) is 30.3 Å². The predicted octanol–water partition coefficient (Wildman–Crippen LogP) is 2.73. The summed E-state index contributed by atoms with van der Waals surface area (Å²) in [5, 5.41) is 17.5. The molecule has 0 spiro atoms. The van der Waals surface area contributed by atoms with Gasteiger partial charge in [0, 0.05) is 0 Å². The Kier molecular flexibility index (Phi) is 2.97. The van der Waals surface area contributed by atoms with Crippen LogP contribution in [0.5, 0.6) is 0 Å². The molecular formula is C14H13NO2. The number of allylic oxidation sites excluding steroid dienone is 1. The first kappa shape index (κ1) is 11.4. The van der Waals surface area contributed by atoms with Gasteiger partial charge in [0.25, 0.3) is 0 Å². The van der Waals surface area contributed by atoms with Crippen molar-refractivity contribution in [2.45, 2.75) is 24.7 Å². The predicted molar refractivity (Wildman–Crippen MR) is 64.3 cm³/mol. The molecule has 0 aliphatic heterocycles. The van der Waals surface area contributed by atoms with E-state index in [9.17, 15) is 4.79 Å². The van der Waals surface area contributed by atoms with Crippen LogP contribution in [0, 0.1) is 11.3 Å². The molecule has 1 fully saturated rings. The number of benzene rings is 1. The third-order valence-corrected chi connectivity index (χ3v) is 3.14. The van der Waals surface area contributed by atoms with Crippen LogP contribution in [-0.2, 0) is 10.2 Å². The lowest BCUT2D eigenvalue weighted by Gasteiger charge is -2.09. The molecule has 0 heterocycles. The first-order valence-corrected chi connectivity index (χ1v) is 5.56. The molecular weight excluding hydrogens is 214 g/mol. The van der Waals surface area contributed by atoms with Gasteiger partial charge in [-0.2, -0.15) is 5.26 Å². The number of hydrogen-bond acceptors (Lipinski definition) is 2. The Morgan fingerprint density at radius 2 is 2.06 bits per heavy atom. The van der Waals surface area contributed by atoms with Crippen LogP contribution in [-0.4, -0.2) is 11.1 Å². The molecule has 0 amide bonds. The largest absolute Gasteiger partial charge is 0.481 e. The first-order chi connectivity index (χ1) is 8.19. The Balaban J connectivity index is 2.14. The second-order valence-corrected chi connectivity index (χ2v) is 4.27. The van der Waals surface area contributed by atoms with E-state index in [0.29, 0.717) is 6.42 Å². The summed E-state index contributed by atoms with van der Waals surface area (Å²) in [7, 11) is 0. The molecule has 0 bridgehead atoms. The number of nitriles is 1. The summed E-state index contributed by atoms with van der Waals surface area (Å²) in [6, 6.07) is 9.56. The second-order valence-electron chi connectivity index (χ2n) is 4.27. The average Bonchev–Trinajstić information content (AvgIpc) is 3.11. The van der Waals surface area contributed by atoms with Gasteiger partial charge in [0.1, 0.15) is 0 Å². The van der Waals surface area contributed by atoms with Crippen LogP contribution in [0.4, 0.5) is 0 Å². The molecule has 0 atom stereocenters. The molecule has 1 aliphatic carbocycles. The van der Waals surface area contributed by atoms with Gasteiger partial charge in [-0.1, -0.05) is 36.4 Å². The molecule has 86 valence electrons. The zero-order chi connectivity index (χ0) is 12.3. The van der Waals surface area contributed by atoms with Crippen LogP contribution >= 0.6 is 0 Å². The summed E-state index contributed by atoms with van der Waals surface area (Å²) in [4.78, 5) is 11.1. The molecule has 17 heavy (non-hydrogen) atoms. The van der Waals surface area contributed by atoms with Crippen LogP contribution in [0.2, 0.25) is 0 Å². The summed E-state index contributed by atoms with van der Waals surface area (Å²) in [5.41, 5.74) is 1.24. The van der Waals surface area contributed by atoms with Crippen LogP contribution < -0.4 is 0 Å². The minimum absolute atomic E-state index is 0.390. The van der Waals surface area contributed by atoms with Crippen molar-refractivity contribution in [2.75, 3.05) is 0 Å². The Morgan fingerprint density at radius 3 is 2.53 bits per heavy atom. The van der Waals surface area contributed by atoms with E-state index >= 15 is 0 Å². The molecule has 3 nitrogen and oxygen atoms in total. The molecule has 0 saturated heterocycles. The fourth-order valence-electron chi connectivity index (χ4n) is 1.91. The topological polar surface area (TPSA) is 61.1 Å². The van der Waals surface area contributed by atoms with Gasteiger partial charge in [-0.3, -0.25) is 4.79 Å². The quantitative estimate of drug-likeness (QED) is 0.860. The normalized spacial score (nSPS) is 16.6. The van der Waals surface area contributed by atoms with Crippen molar-refractivity contribution in [3.63, 3.8) is 0 Å². The number of hydrogen-bond donors (Lipinski definition) is 1. The third kappa shape index (κ3) is 2.21. The second kappa shape index (κ2) is 4.42. The number of carbonyl (C=O) groups is 1. The third-order valence-electron chi connectivity index (χ3n) is 3.14. The number of aliphatic carboxylic acids is 1. The Bertz CT molecular complexity index is 490. The van der Waals surface area contributed by atoms with Gasteiger partial charge in [-0.15, -0.1) is 0 Å². The van der Waals surface area contributed by atoms with Crippen LogP contribution in [0.3, 0.4) is 0 Å². The zero-order valence-corrected chi connectivity index (χ0v) is 9.39. The molecule has 1 saturated carbocycles. The van der Waals surface area contributed by atoms with E-state index in [0.717, 1.165) is 24.0 Å². The highest BCUT2D eigenvalue weighted by molar-refractivity contribution is 5.85. The van der Waals surface area contributed by atoms with Gasteiger partial charge in [0.15, 0.2) is 0 Å². The Hall–Kier alpha value is -2.08. The molecule has 1 aliphatic rings. The number of rotatable bonds is 4. The lowest BCUT2D eigenvalue weighted by Crippen LogP contribution is -2.19. The van der Waals surface area contributed by atoms with E-state index in [1.54, 1.807) is 6.08 Å². The zero-order valence-electron chi connectivity index (χ0n) is 9.39. The average molecular weight is 227 g/mol. The Morgan fingerprint density at radius 1 is 1.41 bits per heavy atom. The lowest BCUT2D eigenvalue weighted by molar-refractivity contribution is -0.140. The molecule has 0 aromatic heterocycles. The molecule has 1 aromatic carbocycles. The van der Waals surface area contributed by atoms with Crippen molar-refractivity contribution in [1.29, 1.82) is 5.26 Å². The maximum atomic E-state index is 11.1. The van der Waals surface area contributed by atoms with E-state index in [4.69, 9.17) is 10.4 Å². The van der Waals surface area contributed by atoms with Crippen LogP contribution in [0.25, 0.3) is 6.08 Å². The van der Waals surface area contributed by atoms with Crippen molar-refractivity contribution in [3.8, 4) is 6.07 Å². The minimum Gasteiger partial charge on any atom is -0.481 e. The maximum Gasteiger partial charge on any atom is 0.314 e. The van der Waals surface area contributed by atoms with E-state index in [1.165, 1.54) is 0 Å². The lowest BCUT2D eigenvalue weighted by atomic mass is 9.95. The standard InChI is InChI=1S/C14H13NO2/c15-10-2-1-3-11-4-6-12(7-5-11)14(8-9-14)13(16)17/h1,3-7H,2,8-9H2,(H,16,17). The maximum absolute atomic E-state index is 11.1. The van der Waals surface area contributed by atoms with Crippen molar-refractivity contribution < 1.29 is 9.90 Å². The number of carboxylic acid groups (broad SMARTS) is 1. The van der Waals surface area contributed by atoms with Crippen molar-refractivity contribution in [2.24, 2.45) is 0 Å². The summed E-state index contributed by atoms with van der Waals surface area (Å²) in [6.07, 6.45) is 5.51. The van der Waals surface area contributed by atoms with Gasteiger partial charge in [0.05, 0.1) is 17.9 Å². The molecule has 3 heteroatoms. The fourth-order valence-corrected chi connectivity index (χ4v) is 1.91. The first-order valence-electron chi connectivity index (χ1n) is 5.56. The highest BCUT2D eigenvalue weighted by Gasteiger charge is 2.51. The van der Waals surface area contributed by atoms with Crippen molar-refractivity contribution in [1.82, 2.24) is 0 Å². The van der Waals surface area contributed by atoms with E-state index in [-0.39, 0.29) is 0 Å².